The third-order valence-electron chi connectivity index (χ3n) is 2.70. The predicted molar refractivity (Wildman–Crippen MR) is 84.7 cm³/mol. The molecule has 7 heteroatoms. The lowest BCUT2D eigenvalue weighted by Gasteiger charge is -2.12. The normalized spacial score (nSPS) is 11.1. The number of hydrogen-bond acceptors (Lipinski definition) is 4. The highest BCUT2D eigenvalue weighted by atomic mass is 35.5. The van der Waals surface area contributed by atoms with E-state index in [9.17, 15) is 9.59 Å². The number of ether oxygens (including phenoxy) is 1. The summed E-state index contributed by atoms with van der Waals surface area (Å²) in [6, 6.07) is 6.98. The van der Waals surface area contributed by atoms with E-state index in [1.807, 2.05) is 14.0 Å². The minimum absolute atomic E-state index is 0. The number of amides is 2. The van der Waals surface area contributed by atoms with Crippen LogP contribution in [0.5, 0.6) is 5.75 Å². The number of primary amides is 1. The summed E-state index contributed by atoms with van der Waals surface area (Å²) in [7, 11) is 1.81. The standard InChI is InChI=1S/C14H21N3O3.ClH/c1-10(9-16-2)14(19)17-11-3-5-12(6-4-11)20-8-7-13(15)18;/h3-6,10,16H,7-9H2,1-2H3,(H2,15,18)(H,17,19);1H. The molecule has 0 aromatic heterocycles. The fourth-order valence-electron chi connectivity index (χ4n) is 1.57. The lowest BCUT2D eigenvalue weighted by molar-refractivity contribution is -0.119. The van der Waals surface area contributed by atoms with Gasteiger partial charge in [0.2, 0.25) is 11.8 Å². The van der Waals surface area contributed by atoms with Crippen molar-refractivity contribution in [1.82, 2.24) is 5.32 Å². The Morgan fingerprint density at radius 2 is 1.90 bits per heavy atom. The zero-order chi connectivity index (χ0) is 15.0. The highest BCUT2D eigenvalue weighted by Gasteiger charge is 2.11. The molecule has 0 aliphatic rings. The van der Waals surface area contributed by atoms with Gasteiger partial charge in [-0.1, -0.05) is 6.92 Å². The molecule has 0 aliphatic carbocycles. The fraction of sp³-hybridized carbons (Fsp3) is 0.429. The van der Waals surface area contributed by atoms with Gasteiger partial charge in [0.1, 0.15) is 5.75 Å². The number of benzene rings is 1. The first-order valence-electron chi connectivity index (χ1n) is 6.49. The number of nitrogens with two attached hydrogens (primary N) is 1. The van der Waals surface area contributed by atoms with Crippen LogP contribution < -0.4 is 21.1 Å². The van der Waals surface area contributed by atoms with E-state index in [2.05, 4.69) is 10.6 Å². The van der Waals surface area contributed by atoms with E-state index in [0.717, 1.165) is 0 Å². The van der Waals surface area contributed by atoms with Gasteiger partial charge < -0.3 is 21.1 Å². The fourth-order valence-corrected chi connectivity index (χ4v) is 1.57. The number of anilines is 1. The van der Waals surface area contributed by atoms with Crippen molar-refractivity contribution in [2.75, 3.05) is 25.5 Å². The van der Waals surface area contributed by atoms with Crippen LogP contribution in [0.1, 0.15) is 13.3 Å². The van der Waals surface area contributed by atoms with E-state index in [1.54, 1.807) is 24.3 Å². The molecule has 0 saturated heterocycles. The van der Waals surface area contributed by atoms with Crippen molar-refractivity contribution in [3.05, 3.63) is 24.3 Å². The van der Waals surface area contributed by atoms with Crippen LogP contribution >= 0.6 is 12.4 Å². The summed E-state index contributed by atoms with van der Waals surface area (Å²) in [6.07, 6.45) is 0.181. The zero-order valence-electron chi connectivity index (χ0n) is 12.2. The molecular formula is C14H22ClN3O3. The van der Waals surface area contributed by atoms with Crippen molar-refractivity contribution in [2.24, 2.45) is 11.7 Å². The summed E-state index contributed by atoms with van der Waals surface area (Å²) in [5, 5.41) is 5.78. The summed E-state index contributed by atoms with van der Waals surface area (Å²) in [5.41, 5.74) is 5.73. The van der Waals surface area contributed by atoms with Crippen LogP contribution in [-0.2, 0) is 9.59 Å². The van der Waals surface area contributed by atoms with Crippen molar-refractivity contribution >= 4 is 29.9 Å². The molecule has 21 heavy (non-hydrogen) atoms. The van der Waals surface area contributed by atoms with Crippen molar-refractivity contribution in [1.29, 1.82) is 0 Å². The number of nitrogens with one attached hydrogen (secondary N) is 2. The minimum atomic E-state index is -0.396. The van der Waals surface area contributed by atoms with Gasteiger partial charge in [-0.15, -0.1) is 12.4 Å². The molecule has 0 saturated carbocycles. The van der Waals surface area contributed by atoms with Gasteiger partial charge in [0.25, 0.3) is 0 Å². The second kappa shape index (κ2) is 10.0. The minimum Gasteiger partial charge on any atom is -0.493 e. The molecule has 0 heterocycles. The zero-order valence-corrected chi connectivity index (χ0v) is 13.0. The Hall–Kier alpha value is -1.79. The second-order valence-electron chi connectivity index (χ2n) is 4.54. The van der Waals surface area contributed by atoms with E-state index in [1.165, 1.54) is 0 Å². The largest absolute Gasteiger partial charge is 0.493 e. The second-order valence-corrected chi connectivity index (χ2v) is 4.54. The maximum absolute atomic E-state index is 11.8. The number of carbonyl (C=O) groups is 2. The van der Waals surface area contributed by atoms with E-state index in [4.69, 9.17) is 10.5 Å². The molecule has 1 unspecified atom stereocenters. The van der Waals surface area contributed by atoms with Crippen molar-refractivity contribution < 1.29 is 14.3 Å². The molecular weight excluding hydrogens is 294 g/mol. The molecule has 0 radical (unpaired) electrons. The predicted octanol–water partition coefficient (Wildman–Crippen LogP) is 1.16. The van der Waals surface area contributed by atoms with E-state index >= 15 is 0 Å². The third-order valence-corrected chi connectivity index (χ3v) is 2.70. The summed E-state index contributed by atoms with van der Waals surface area (Å²) in [5.74, 6) is 0.0909. The maximum Gasteiger partial charge on any atom is 0.228 e. The molecule has 1 atom stereocenters. The van der Waals surface area contributed by atoms with Gasteiger partial charge in [-0.3, -0.25) is 9.59 Å². The third kappa shape index (κ3) is 7.53. The Balaban J connectivity index is 0.00000400. The van der Waals surface area contributed by atoms with E-state index in [-0.39, 0.29) is 37.3 Å². The first kappa shape index (κ1) is 19.2. The first-order chi connectivity index (χ1) is 9.52. The molecule has 0 spiro atoms. The molecule has 1 aromatic carbocycles. The number of halogens is 1. The summed E-state index contributed by atoms with van der Waals surface area (Å²) < 4.78 is 5.34. The van der Waals surface area contributed by atoms with Gasteiger partial charge >= 0.3 is 0 Å². The van der Waals surface area contributed by atoms with Crippen LogP contribution in [0.3, 0.4) is 0 Å². The van der Waals surface area contributed by atoms with Crippen molar-refractivity contribution in [3.63, 3.8) is 0 Å². The van der Waals surface area contributed by atoms with Crippen molar-refractivity contribution in [2.45, 2.75) is 13.3 Å². The van der Waals surface area contributed by atoms with Gasteiger partial charge in [-0.25, -0.2) is 0 Å². The van der Waals surface area contributed by atoms with Crippen LogP contribution in [0, 0.1) is 5.92 Å². The smallest absolute Gasteiger partial charge is 0.228 e. The Labute approximate surface area is 130 Å². The number of rotatable bonds is 8. The Morgan fingerprint density at radius 3 is 2.43 bits per heavy atom. The summed E-state index contributed by atoms with van der Waals surface area (Å²) in [4.78, 5) is 22.4. The van der Waals surface area contributed by atoms with Crippen LogP contribution in [0.25, 0.3) is 0 Å². The Morgan fingerprint density at radius 1 is 1.29 bits per heavy atom. The number of carbonyl (C=O) groups excluding carboxylic acids is 2. The average molecular weight is 316 g/mol. The molecule has 118 valence electrons. The Kier molecular flexibility index (Phi) is 9.16. The van der Waals surface area contributed by atoms with Crippen molar-refractivity contribution in [3.8, 4) is 5.75 Å². The summed E-state index contributed by atoms with van der Waals surface area (Å²) >= 11 is 0. The topological polar surface area (TPSA) is 93.4 Å². The SMILES string of the molecule is CNCC(C)C(=O)Nc1ccc(OCCC(N)=O)cc1.Cl. The van der Waals surface area contributed by atoms with E-state index in [0.29, 0.717) is 18.0 Å². The van der Waals surface area contributed by atoms with Gasteiger partial charge in [-0.05, 0) is 31.3 Å². The van der Waals surface area contributed by atoms with Crippen LogP contribution in [-0.4, -0.2) is 32.0 Å². The quantitative estimate of drug-likeness (QED) is 0.671. The lowest BCUT2D eigenvalue weighted by atomic mass is 10.1. The van der Waals surface area contributed by atoms with Gasteiger partial charge in [0, 0.05) is 18.2 Å². The highest BCUT2D eigenvalue weighted by Crippen LogP contribution is 2.16. The lowest BCUT2D eigenvalue weighted by Crippen LogP contribution is -2.28. The molecule has 1 aromatic rings. The monoisotopic (exact) mass is 315 g/mol. The first-order valence-corrected chi connectivity index (χ1v) is 6.49. The van der Waals surface area contributed by atoms with Crippen LogP contribution in [0.15, 0.2) is 24.3 Å². The van der Waals surface area contributed by atoms with Crippen LogP contribution in [0.2, 0.25) is 0 Å². The molecule has 4 N–H and O–H groups in total. The molecule has 0 bridgehead atoms. The number of hydrogen-bond donors (Lipinski definition) is 3. The van der Waals surface area contributed by atoms with Gasteiger partial charge in [0.05, 0.1) is 13.0 Å². The molecule has 0 aliphatic heterocycles. The molecule has 1 rings (SSSR count). The molecule has 6 nitrogen and oxygen atoms in total. The average Bonchev–Trinajstić information content (AvgIpc) is 2.40. The Bertz CT molecular complexity index is 451. The molecule has 0 fully saturated rings. The van der Waals surface area contributed by atoms with Gasteiger partial charge in [0.15, 0.2) is 0 Å². The highest BCUT2D eigenvalue weighted by molar-refractivity contribution is 5.92. The molecule has 2 amide bonds. The van der Waals surface area contributed by atoms with E-state index < -0.39 is 5.91 Å². The summed E-state index contributed by atoms with van der Waals surface area (Å²) in [6.45, 7) is 2.73. The van der Waals surface area contributed by atoms with Crippen LogP contribution in [0.4, 0.5) is 5.69 Å². The van der Waals surface area contributed by atoms with Gasteiger partial charge in [-0.2, -0.15) is 0 Å². The maximum atomic E-state index is 11.8.